The van der Waals surface area contributed by atoms with Crippen molar-refractivity contribution in [2.24, 2.45) is 0 Å². The van der Waals surface area contributed by atoms with E-state index in [0.29, 0.717) is 13.2 Å². The number of aryl methyl sites for hydroxylation is 1. The second-order valence-corrected chi connectivity index (χ2v) is 4.68. The molecule has 2 rings (SSSR count). The Morgan fingerprint density at radius 2 is 2.50 bits per heavy atom. The summed E-state index contributed by atoms with van der Waals surface area (Å²) in [4.78, 5) is 6.51. The van der Waals surface area contributed by atoms with Crippen LogP contribution in [0.2, 0.25) is 0 Å². The zero-order valence-corrected chi connectivity index (χ0v) is 10.8. The smallest absolute Gasteiger partial charge is 0.143 e. The Labute approximate surface area is 103 Å². The van der Waals surface area contributed by atoms with Gasteiger partial charge < -0.3 is 14.7 Å². The van der Waals surface area contributed by atoms with Crippen LogP contribution in [0.15, 0.2) is 16.7 Å². The SMILES string of the molecule is Cc1ccnc(N2CCOC(CO)C2)c1Br. The summed E-state index contributed by atoms with van der Waals surface area (Å²) in [6.07, 6.45) is 1.70. The van der Waals surface area contributed by atoms with Crippen LogP contribution in [0.4, 0.5) is 5.82 Å². The fraction of sp³-hybridized carbons (Fsp3) is 0.545. The van der Waals surface area contributed by atoms with E-state index < -0.39 is 0 Å². The van der Waals surface area contributed by atoms with Gasteiger partial charge in [-0.2, -0.15) is 0 Å². The van der Waals surface area contributed by atoms with Crippen molar-refractivity contribution in [3.05, 3.63) is 22.3 Å². The largest absolute Gasteiger partial charge is 0.394 e. The van der Waals surface area contributed by atoms with Crippen molar-refractivity contribution in [1.29, 1.82) is 0 Å². The van der Waals surface area contributed by atoms with Crippen molar-refractivity contribution in [2.45, 2.75) is 13.0 Å². The molecule has 0 aliphatic carbocycles. The second-order valence-electron chi connectivity index (χ2n) is 3.89. The topological polar surface area (TPSA) is 45.6 Å². The molecule has 1 fully saturated rings. The Hall–Kier alpha value is -0.650. The highest BCUT2D eigenvalue weighted by atomic mass is 79.9. The third kappa shape index (κ3) is 2.36. The number of anilines is 1. The minimum Gasteiger partial charge on any atom is -0.394 e. The van der Waals surface area contributed by atoms with Crippen LogP contribution in [0.5, 0.6) is 0 Å². The van der Waals surface area contributed by atoms with Crippen molar-refractivity contribution in [2.75, 3.05) is 31.2 Å². The lowest BCUT2D eigenvalue weighted by Gasteiger charge is -2.33. The number of halogens is 1. The minimum atomic E-state index is -0.108. The normalized spacial score (nSPS) is 21.2. The molecule has 1 saturated heterocycles. The lowest BCUT2D eigenvalue weighted by molar-refractivity contribution is 0.00332. The molecular weight excluding hydrogens is 272 g/mol. The summed E-state index contributed by atoms with van der Waals surface area (Å²) in [5.41, 5.74) is 1.16. The van der Waals surface area contributed by atoms with Gasteiger partial charge in [-0.1, -0.05) is 0 Å². The maximum atomic E-state index is 9.10. The Morgan fingerprint density at radius 1 is 1.69 bits per heavy atom. The van der Waals surface area contributed by atoms with Gasteiger partial charge in [0.15, 0.2) is 0 Å². The molecule has 0 radical (unpaired) electrons. The molecule has 1 aliphatic rings. The van der Waals surface area contributed by atoms with Crippen molar-refractivity contribution >= 4 is 21.7 Å². The van der Waals surface area contributed by atoms with Crippen LogP contribution in [0.25, 0.3) is 0 Å². The maximum absolute atomic E-state index is 9.10. The van der Waals surface area contributed by atoms with Crippen LogP contribution in [-0.2, 0) is 4.74 Å². The predicted octanol–water partition coefficient (Wildman–Crippen LogP) is 1.35. The Bertz CT molecular complexity index is 373. The van der Waals surface area contributed by atoms with Crippen LogP contribution in [0.1, 0.15) is 5.56 Å². The first kappa shape index (κ1) is 11.8. The minimum absolute atomic E-state index is 0.0555. The molecule has 16 heavy (non-hydrogen) atoms. The summed E-state index contributed by atoms with van der Waals surface area (Å²) < 4.78 is 6.44. The van der Waals surface area contributed by atoms with Gasteiger partial charge in [0, 0.05) is 19.3 Å². The van der Waals surface area contributed by atoms with Crippen molar-refractivity contribution < 1.29 is 9.84 Å². The number of aliphatic hydroxyl groups excluding tert-OH is 1. The Kier molecular flexibility index (Phi) is 3.78. The van der Waals surface area contributed by atoms with Gasteiger partial charge in [-0.3, -0.25) is 0 Å². The predicted molar refractivity (Wildman–Crippen MR) is 65.7 cm³/mol. The number of aliphatic hydroxyl groups is 1. The molecule has 1 atom stereocenters. The standard InChI is InChI=1S/C11H15BrN2O2/c1-8-2-3-13-11(10(8)12)14-4-5-16-9(6-14)7-15/h2-3,9,15H,4-7H2,1H3. The van der Waals surface area contributed by atoms with Crippen molar-refractivity contribution in [1.82, 2.24) is 4.98 Å². The number of hydrogen-bond acceptors (Lipinski definition) is 4. The van der Waals surface area contributed by atoms with Gasteiger partial charge in [0.2, 0.25) is 0 Å². The van der Waals surface area contributed by atoms with Crippen LogP contribution in [0.3, 0.4) is 0 Å². The zero-order valence-electron chi connectivity index (χ0n) is 9.19. The first-order chi connectivity index (χ1) is 7.72. The Morgan fingerprint density at radius 3 is 3.25 bits per heavy atom. The van der Waals surface area contributed by atoms with Gasteiger partial charge in [-0.05, 0) is 34.5 Å². The molecule has 0 amide bonds. The monoisotopic (exact) mass is 286 g/mol. The quantitative estimate of drug-likeness (QED) is 0.892. The average molecular weight is 287 g/mol. The fourth-order valence-corrected chi connectivity index (χ4v) is 2.25. The van der Waals surface area contributed by atoms with E-state index in [1.165, 1.54) is 0 Å². The van der Waals surface area contributed by atoms with Crippen LogP contribution in [-0.4, -0.2) is 42.5 Å². The van der Waals surface area contributed by atoms with Gasteiger partial charge in [-0.25, -0.2) is 4.98 Å². The molecule has 2 heterocycles. The fourth-order valence-electron chi connectivity index (χ4n) is 1.77. The number of aromatic nitrogens is 1. The van der Waals surface area contributed by atoms with E-state index in [9.17, 15) is 0 Å². The first-order valence-electron chi connectivity index (χ1n) is 5.31. The highest BCUT2D eigenvalue weighted by molar-refractivity contribution is 9.10. The molecular formula is C11H15BrN2O2. The van der Waals surface area contributed by atoms with E-state index in [1.807, 2.05) is 13.0 Å². The molecule has 88 valence electrons. The van der Waals surface area contributed by atoms with Crippen molar-refractivity contribution in [3.63, 3.8) is 0 Å². The summed E-state index contributed by atoms with van der Waals surface area (Å²) in [6, 6.07) is 1.97. The zero-order chi connectivity index (χ0) is 11.5. The molecule has 1 unspecified atom stereocenters. The molecule has 1 aromatic heterocycles. The van der Waals surface area contributed by atoms with Crippen LogP contribution >= 0.6 is 15.9 Å². The number of pyridine rings is 1. The summed E-state index contributed by atoms with van der Waals surface area (Å²) in [5.74, 6) is 0.932. The van der Waals surface area contributed by atoms with Gasteiger partial charge in [0.05, 0.1) is 23.8 Å². The molecule has 1 aromatic rings. The summed E-state index contributed by atoms with van der Waals surface area (Å²) >= 11 is 3.55. The van der Waals surface area contributed by atoms with E-state index in [0.717, 1.165) is 22.4 Å². The second kappa shape index (κ2) is 5.12. The lowest BCUT2D eigenvalue weighted by Crippen LogP contribution is -2.44. The molecule has 0 bridgehead atoms. The number of ether oxygens (including phenoxy) is 1. The van der Waals surface area contributed by atoms with Crippen molar-refractivity contribution in [3.8, 4) is 0 Å². The summed E-state index contributed by atoms with van der Waals surface area (Å²) in [5, 5.41) is 9.10. The summed E-state index contributed by atoms with van der Waals surface area (Å²) in [7, 11) is 0. The molecule has 4 nitrogen and oxygen atoms in total. The van der Waals surface area contributed by atoms with E-state index in [4.69, 9.17) is 9.84 Å². The van der Waals surface area contributed by atoms with Gasteiger partial charge in [-0.15, -0.1) is 0 Å². The van der Waals surface area contributed by atoms with E-state index in [1.54, 1.807) is 6.20 Å². The van der Waals surface area contributed by atoms with E-state index in [-0.39, 0.29) is 12.7 Å². The molecule has 1 N–H and O–H groups in total. The van der Waals surface area contributed by atoms with Gasteiger partial charge >= 0.3 is 0 Å². The Balaban J connectivity index is 2.20. The van der Waals surface area contributed by atoms with Crippen LogP contribution < -0.4 is 4.90 Å². The average Bonchev–Trinajstić information content (AvgIpc) is 2.33. The molecule has 0 spiro atoms. The van der Waals surface area contributed by atoms with E-state index in [2.05, 4.69) is 25.8 Å². The highest BCUT2D eigenvalue weighted by Gasteiger charge is 2.22. The van der Waals surface area contributed by atoms with Gasteiger partial charge in [0.1, 0.15) is 5.82 Å². The highest BCUT2D eigenvalue weighted by Crippen LogP contribution is 2.27. The molecule has 0 aromatic carbocycles. The first-order valence-corrected chi connectivity index (χ1v) is 6.10. The third-order valence-corrected chi connectivity index (χ3v) is 3.69. The van der Waals surface area contributed by atoms with Gasteiger partial charge in [0.25, 0.3) is 0 Å². The summed E-state index contributed by atoms with van der Waals surface area (Å²) in [6.45, 7) is 4.23. The number of nitrogens with zero attached hydrogens (tertiary/aromatic N) is 2. The molecule has 0 saturated carbocycles. The third-order valence-electron chi connectivity index (χ3n) is 2.71. The van der Waals surface area contributed by atoms with E-state index >= 15 is 0 Å². The maximum Gasteiger partial charge on any atom is 0.143 e. The van der Waals surface area contributed by atoms with Crippen LogP contribution in [0, 0.1) is 6.92 Å². The number of hydrogen-bond donors (Lipinski definition) is 1. The number of rotatable bonds is 2. The lowest BCUT2D eigenvalue weighted by atomic mass is 10.2. The number of morpholine rings is 1. The molecule has 1 aliphatic heterocycles. The molecule has 5 heteroatoms.